The second-order valence-corrected chi connectivity index (χ2v) is 3.15. The molecule has 7 heteroatoms. The number of hydrogen-bond acceptors (Lipinski definition) is 3. The molecule has 1 fully saturated rings. The van der Waals surface area contributed by atoms with Crippen LogP contribution >= 0.6 is 0 Å². The van der Waals surface area contributed by atoms with Crippen LogP contribution in [-0.4, -0.2) is 29.9 Å². The van der Waals surface area contributed by atoms with E-state index in [2.05, 4.69) is 10.3 Å². The molecule has 0 radical (unpaired) electrons. The van der Waals surface area contributed by atoms with E-state index in [4.69, 9.17) is 5.11 Å². The summed E-state index contributed by atoms with van der Waals surface area (Å²) in [5.41, 5.74) is 2.11. The average Bonchev–Trinajstić information content (AvgIpc) is 1.92. The van der Waals surface area contributed by atoms with E-state index in [0.717, 1.165) is 0 Å². The van der Waals surface area contributed by atoms with E-state index in [0.29, 0.717) is 12.8 Å². The lowest BCUT2D eigenvalue weighted by Gasteiger charge is -2.33. The highest BCUT2D eigenvalue weighted by molar-refractivity contribution is 5.72. The standard InChI is InChI=1S/C7H10F3NO3/c8-7(9,10)3-14-11-5-2-1-4(5)6(12)13/h4-5,11H,1-3H2,(H,12,13). The van der Waals surface area contributed by atoms with Gasteiger partial charge in [-0.15, -0.1) is 0 Å². The van der Waals surface area contributed by atoms with Gasteiger partial charge in [-0.1, -0.05) is 0 Å². The molecule has 2 N–H and O–H groups in total. The number of carbonyl (C=O) groups is 1. The Kier molecular flexibility index (Phi) is 3.33. The summed E-state index contributed by atoms with van der Waals surface area (Å²) >= 11 is 0. The van der Waals surface area contributed by atoms with Crippen LogP contribution in [0.2, 0.25) is 0 Å². The van der Waals surface area contributed by atoms with Crippen molar-refractivity contribution in [1.29, 1.82) is 0 Å². The first-order valence-corrected chi connectivity index (χ1v) is 4.07. The quantitative estimate of drug-likeness (QED) is 0.682. The first-order valence-electron chi connectivity index (χ1n) is 4.07. The summed E-state index contributed by atoms with van der Waals surface area (Å²) in [7, 11) is 0. The van der Waals surface area contributed by atoms with Crippen molar-refractivity contribution in [2.75, 3.05) is 6.61 Å². The van der Waals surface area contributed by atoms with Gasteiger partial charge in [0.05, 0.1) is 5.92 Å². The molecule has 0 bridgehead atoms. The van der Waals surface area contributed by atoms with Crippen LogP contribution in [0.4, 0.5) is 13.2 Å². The molecule has 1 aliphatic rings. The Hall–Kier alpha value is -0.820. The van der Waals surface area contributed by atoms with Gasteiger partial charge in [0.2, 0.25) is 0 Å². The Morgan fingerprint density at radius 2 is 2.14 bits per heavy atom. The molecule has 2 unspecified atom stereocenters. The van der Waals surface area contributed by atoms with Crippen molar-refractivity contribution in [3.8, 4) is 0 Å². The molecule has 14 heavy (non-hydrogen) atoms. The second-order valence-electron chi connectivity index (χ2n) is 3.15. The van der Waals surface area contributed by atoms with Gasteiger partial charge in [0.15, 0.2) is 6.61 Å². The molecule has 0 spiro atoms. The topological polar surface area (TPSA) is 58.6 Å². The molecule has 4 nitrogen and oxygen atoms in total. The number of carboxylic acids is 1. The maximum absolute atomic E-state index is 11.6. The minimum Gasteiger partial charge on any atom is -0.481 e. The number of rotatable bonds is 4. The molecule has 0 aromatic rings. The third kappa shape index (κ3) is 3.15. The Morgan fingerprint density at radius 3 is 2.50 bits per heavy atom. The van der Waals surface area contributed by atoms with Gasteiger partial charge in [-0.2, -0.15) is 18.7 Å². The molecule has 82 valence electrons. The summed E-state index contributed by atoms with van der Waals surface area (Å²) in [5.74, 6) is -1.65. The summed E-state index contributed by atoms with van der Waals surface area (Å²) in [5, 5.41) is 8.55. The predicted molar refractivity (Wildman–Crippen MR) is 39.3 cm³/mol. The van der Waals surface area contributed by atoms with E-state index in [-0.39, 0.29) is 0 Å². The van der Waals surface area contributed by atoms with Crippen LogP contribution < -0.4 is 5.48 Å². The lowest BCUT2D eigenvalue weighted by atomic mass is 9.80. The van der Waals surface area contributed by atoms with Crippen molar-refractivity contribution in [3.05, 3.63) is 0 Å². The first-order chi connectivity index (χ1) is 6.40. The molecule has 1 rings (SSSR count). The zero-order valence-electron chi connectivity index (χ0n) is 7.17. The van der Waals surface area contributed by atoms with Gasteiger partial charge in [-0.25, -0.2) is 0 Å². The number of halogens is 3. The van der Waals surface area contributed by atoms with Gasteiger partial charge in [0, 0.05) is 6.04 Å². The molecule has 0 aromatic carbocycles. The van der Waals surface area contributed by atoms with E-state index >= 15 is 0 Å². The normalized spacial score (nSPS) is 27.1. The largest absolute Gasteiger partial charge is 0.481 e. The van der Waals surface area contributed by atoms with Crippen molar-refractivity contribution in [2.24, 2.45) is 5.92 Å². The predicted octanol–water partition coefficient (Wildman–Crippen LogP) is 0.933. The van der Waals surface area contributed by atoms with Gasteiger partial charge in [0.25, 0.3) is 0 Å². The van der Waals surface area contributed by atoms with Crippen molar-refractivity contribution in [2.45, 2.75) is 25.1 Å². The molecular weight excluding hydrogens is 203 g/mol. The van der Waals surface area contributed by atoms with Crippen LogP contribution in [0, 0.1) is 5.92 Å². The maximum atomic E-state index is 11.6. The summed E-state index contributed by atoms with van der Waals surface area (Å²) in [6, 6.07) is -0.505. The fraction of sp³-hybridized carbons (Fsp3) is 0.857. The summed E-state index contributed by atoms with van der Waals surface area (Å²) in [6.45, 7) is -1.41. The molecule has 1 aliphatic carbocycles. The van der Waals surface area contributed by atoms with Crippen LogP contribution in [0.5, 0.6) is 0 Å². The van der Waals surface area contributed by atoms with Crippen LogP contribution in [0.1, 0.15) is 12.8 Å². The van der Waals surface area contributed by atoms with Crippen LogP contribution in [0.3, 0.4) is 0 Å². The zero-order valence-corrected chi connectivity index (χ0v) is 7.17. The van der Waals surface area contributed by atoms with Crippen LogP contribution in [0.15, 0.2) is 0 Å². The highest BCUT2D eigenvalue weighted by Gasteiger charge is 2.37. The fourth-order valence-corrected chi connectivity index (χ4v) is 1.17. The summed E-state index contributed by atoms with van der Waals surface area (Å²) < 4.78 is 34.8. The number of hydrogen-bond donors (Lipinski definition) is 2. The number of nitrogens with one attached hydrogen (secondary N) is 1. The van der Waals surface area contributed by atoms with E-state index in [9.17, 15) is 18.0 Å². The number of alkyl halides is 3. The third-order valence-corrected chi connectivity index (χ3v) is 2.06. The van der Waals surface area contributed by atoms with E-state index in [1.165, 1.54) is 0 Å². The van der Waals surface area contributed by atoms with E-state index in [1.54, 1.807) is 0 Å². The highest BCUT2D eigenvalue weighted by Crippen LogP contribution is 2.27. The molecule has 0 heterocycles. The smallest absolute Gasteiger partial charge is 0.413 e. The second kappa shape index (κ2) is 4.14. The third-order valence-electron chi connectivity index (χ3n) is 2.06. The van der Waals surface area contributed by atoms with Crippen LogP contribution in [0.25, 0.3) is 0 Å². The van der Waals surface area contributed by atoms with Crippen molar-refractivity contribution >= 4 is 5.97 Å². The molecular formula is C7H10F3NO3. The van der Waals surface area contributed by atoms with Crippen molar-refractivity contribution in [3.63, 3.8) is 0 Å². The highest BCUT2D eigenvalue weighted by atomic mass is 19.4. The fourth-order valence-electron chi connectivity index (χ4n) is 1.17. The minimum atomic E-state index is -4.39. The van der Waals surface area contributed by atoms with Gasteiger partial charge in [-0.05, 0) is 12.8 Å². The molecule has 0 saturated heterocycles. The van der Waals surface area contributed by atoms with Gasteiger partial charge >= 0.3 is 12.1 Å². The Labute approximate surface area is 78.0 Å². The zero-order chi connectivity index (χ0) is 10.8. The first kappa shape index (κ1) is 11.3. The lowest BCUT2D eigenvalue weighted by Crippen LogP contribution is -2.48. The Balaban J connectivity index is 2.17. The minimum absolute atomic E-state index is 0.475. The van der Waals surface area contributed by atoms with Crippen molar-refractivity contribution < 1.29 is 27.9 Å². The van der Waals surface area contributed by atoms with Gasteiger partial charge in [0.1, 0.15) is 0 Å². The summed E-state index contributed by atoms with van der Waals surface area (Å²) in [4.78, 5) is 14.6. The molecule has 0 aliphatic heterocycles. The number of aliphatic carboxylic acids is 1. The van der Waals surface area contributed by atoms with Crippen molar-refractivity contribution in [1.82, 2.24) is 5.48 Å². The van der Waals surface area contributed by atoms with Gasteiger partial charge in [-0.3, -0.25) is 9.63 Å². The monoisotopic (exact) mass is 213 g/mol. The summed E-state index contributed by atoms with van der Waals surface area (Å²) in [6.07, 6.45) is -3.40. The Bertz CT molecular complexity index is 219. The van der Waals surface area contributed by atoms with E-state index < -0.39 is 30.7 Å². The Morgan fingerprint density at radius 1 is 1.50 bits per heavy atom. The average molecular weight is 213 g/mol. The SMILES string of the molecule is O=C(O)C1CCC1NOCC(F)(F)F. The van der Waals surface area contributed by atoms with Gasteiger partial charge < -0.3 is 5.11 Å². The van der Waals surface area contributed by atoms with E-state index in [1.807, 2.05) is 0 Å². The lowest BCUT2D eigenvalue weighted by molar-refractivity contribution is -0.198. The van der Waals surface area contributed by atoms with Crippen LogP contribution in [-0.2, 0) is 9.63 Å². The maximum Gasteiger partial charge on any atom is 0.413 e. The molecule has 1 saturated carbocycles. The molecule has 2 atom stereocenters. The molecule has 0 amide bonds. The number of carboxylic acid groups (broad SMARTS) is 1. The molecule has 0 aromatic heterocycles. The number of hydroxylamine groups is 1.